The predicted molar refractivity (Wildman–Crippen MR) is 80.9 cm³/mol. The van der Waals surface area contributed by atoms with E-state index in [2.05, 4.69) is 52.9 Å². The van der Waals surface area contributed by atoms with Gasteiger partial charge in [-0.2, -0.15) is 5.26 Å². The Bertz CT molecular complexity index is 401. The molecule has 0 atom stereocenters. The Kier molecular flexibility index (Phi) is 6.82. The number of unbranched alkanes of at least 4 members (excludes halogenated alkanes) is 2. The highest BCUT2D eigenvalue weighted by atomic mass is 79.9. The summed E-state index contributed by atoms with van der Waals surface area (Å²) >= 11 is 3.46. The molecule has 0 spiro atoms. The van der Waals surface area contributed by atoms with Crippen molar-refractivity contribution < 1.29 is 0 Å². The van der Waals surface area contributed by atoms with E-state index in [1.807, 2.05) is 6.07 Å². The van der Waals surface area contributed by atoms with E-state index in [1.54, 1.807) is 0 Å². The number of hydrogen-bond acceptors (Lipinski definition) is 2. The molecule has 0 fully saturated rings. The largest absolute Gasteiger partial charge is 0.372 e. The minimum absolute atomic E-state index is 0.699. The average molecular weight is 309 g/mol. The van der Waals surface area contributed by atoms with Gasteiger partial charge in [0.25, 0.3) is 0 Å². The van der Waals surface area contributed by atoms with Crippen LogP contribution in [0.4, 0.5) is 5.69 Å². The summed E-state index contributed by atoms with van der Waals surface area (Å²) in [5, 5.41) is 8.94. The molecule has 0 aliphatic carbocycles. The van der Waals surface area contributed by atoms with Crippen molar-refractivity contribution in [2.75, 3.05) is 18.0 Å². The third kappa shape index (κ3) is 4.34. The smallest absolute Gasteiger partial charge is 0.100 e. The maximum atomic E-state index is 8.94. The second-order valence-electron chi connectivity index (χ2n) is 4.47. The van der Waals surface area contributed by atoms with Gasteiger partial charge in [0, 0.05) is 23.2 Å². The third-order valence-electron chi connectivity index (χ3n) is 3.00. The van der Waals surface area contributed by atoms with Gasteiger partial charge in [-0.25, -0.2) is 0 Å². The summed E-state index contributed by atoms with van der Waals surface area (Å²) in [6.45, 7) is 6.61. The van der Waals surface area contributed by atoms with E-state index in [0.717, 1.165) is 17.6 Å². The normalized spacial score (nSPS) is 10.1. The molecule has 0 aliphatic heterocycles. The van der Waals surface area contributed by atoms with E-state index in [9.17, 15) is 0 Å². The van der Waals surface area contributed by atoms with E-state index >= 15 is 0 Å². The van der Waals surface area contributed by atoms with Crippen molar-refractivity contribution >= 4 is 21.6 Å². The molecule has 18 heavy (non-hydrogen) atoms. The number of hydrogen-bond donors (Lipinski definition) is 0. The summed E-state index contributed by atoms with van der Waals surface area (Å²) < 4.78 is 0.889. The van der Waals surface area contributed by atoms with Crippen molar-refractivity contribution in [2.24, 2.45) is 0 Å². The second-order valence-corrected chi connectivity index (χ2v) is 5.32. The Morgan fingerprint density at radius 3 is 2.22 bits per heavy atom. The van der Waals surface area contributed by atoms with Crippen LogP contribution < -0.4 is 4.90 Å². The molecule has 0 saturated carbocycles. The highest BCUT2D eigenvalue weighted by Crippen LogP contribution is 2.24. The zero-order chi connectivity index (χ0) is 13.4. The van der Waals surface area contributed by atoms with Gasteiger partial charge in [-0.05, 0) is 47.0 Å². The molecule has 0 heterocycles. The molecule has 0 unspecified atom stereocenters. The fraction of sp³-hybridized carbons (Fsp3) is 0.533. The number of nitriles is 1. The molecule has 98 valence electrons. The van der Waals surface area contributed by atoms with Gasteiger partial charge in [-0.1, -0.05) is 26.7 Å². The van der Waals surface area contributed by atoms with Crippen molar-refractivity contribution in [3.8, 4) is 6.07 Å². The third-order valence-corrected chi connectivity index (χ3v) is 3.66. The van der Waals surface area contributed by atoms with Crippen molar-refractivity contribution in [3.05, 3.63) is 28.2 Å². The number of anilines is 1. The summed E-state index contributed by atoms with van der Waals surface area (Å²) in [4.78, 5) is 2.42. The van der Waals surface area contributed by atoms with Crippen LogP contribution in [0, 0.1) is 11.3 Å². The van der Waals surface area contributed by atoms with E-state index < -0.39 is 0 Å². The maximum Gasteiger partial charge on any atom is 0.100 e. The van der Waals surface area contributed by atoms with E-state index in [4.69, 9.17) is 5.26 Å². The zero-order valence-electron chi connectivity index (χ0n) is 11.2. The van der Waals surface area contributed by atoms with Crippen LogP contribution in [-0.4, -0.2) is 13.1 Å². The van der Waals surface area contributed by atoms with Crippen molar-refractivity contribution in [3.63, 3.8) is 0 Å². The van der Waals surface area contributed by atoms with E-state index in [1.165, 1.54) is 31.4 Å². The molecule has 0 N–H and O–H groups in total. The Morgan fingerprint density at radius 1 is 1.17 bits per heavy atom. The van der Waals surface area contributed by atoms with Gasteiger partial charge in [0.2, 0.25) is 0 Å². The summed E-state index contributed by atoms with van der Waals surface area (Å²) in [5.41, 5.74) is 1.91. The Hall–Kier alpha value is -1.01. The monoisotopic (exact) mass is 308 g/mol. The number of nitrogens with zero attached hydrogens (tertiary/aromatic N) is 2. The van der Waals surface area contributed by atoms with Crippen LogP contribution in [0.5, 0.6) is 0 Å². The number of benzene rings is 1. The minimum Gasteiger partial charge on any atom is -0.372 e. The predicted octanol–water partition coefficient (Wildman–Crippen LogP) is 4.73. The number of rotatable bonds is 7. The lowest BCUT2D eigenvalue weighted by Crippen LogP contribution is -2.25. The van der Waals surface area contributed by atoms with Crippen LogP contribution in [0.1, 0.15) is 45.1 Å². The van der Waals surface area contributed by atoms with Crippen molar-refractivity contribution in [1.82, 2.24) is 0 Å². The molecular formula is C15H21BrN2. The summed E-state index contributed by atoms with van der Waals surface area (Å²) in [6, 6.07) is 8.19. The molecule has 1 rings (SSSR count). The van der Waals surface area contributed by atoms with Gasteiger partial charge >= 0.3 is 0 Å². The molecule has 0 saturated heterocycles. The lowest BCUT2D eigenvalue weighted by molar-refractivity contribution is 0.678. The summed E-state index contributed by atoms with van der Waals surface area (Å²) in [5.74, 6) is 0. The standard InChI is InChI=1S/C15H21BrN2/c1-3-5-9-18(10-6-4-2)14-8-7-13(12-17)15(16)11-14/h7-8,11H,3-6,9-10H2,1-2H3. The van der Waals surface area contributed by atoms with Crippen LogP contribution >= 0.6 is 15.9 Å². The topological polar surface area (TPSA) is 27.0 Å². The first-order valence-corrected chi connectivity index (χ1v) is 7.46. The van der Waals surface area contributed by atoms with Gasteiger partial charge in [0.1, 0.15) is 6.07 Å². The lowest BCUT2D eigenvalue weighted by atomic mass is 10.2. The summed E-state index contributed by atoms with van der Waals surface area (Å²) in [7, 11) is 0. The first-order chi connectivity index (χ1) is 8.72. The lowest BCUT2D eigenvalue weighted by Gasteiger charge is -2.25. The summed E-state index contributed by atoms with van der Waals surface area (Å²) in [6.07, 6.45) is 4.84. The van der Waals surface area contributed by atoms with Crippen LogP contribution in [0.15, 0.2) is 22.7 Å². The Labute approximate surface area is 119 Å². The Morgan fingerprint density at radius 2 is 1.78 bits per heavy atom. The molecule has 0 radical (unpaired) electrons. The van der Waals surface area contributed by atoms with Crippen LogP contribution in [0.25, 0.3) is 0 Å². The van der Waals surface area contributed by atoms with Gasteiger partial charge in [0.15, 0.2) is 0 Å². The number of halogens is 1. The quantitative estimate of drug-likeness (QED) is 0.728. The first-order valence-electron chi connectivity index (χ1n) is 6.67. The highest BCUT2D eigenvalue weighted by Gasteiger charge is 2.08. The van der Waals surface area contributed by atoms with Gasteiger partial charge in [-0.15, -0.1) is 0 Å². The first kappa shape index (κ1) is 15.0. The maximum absolute atomic E-state index is 8.94. The van der Waals surface area contributed by atoms with E-state index in [0.29, 0.717) is 5.56 Å². The van der Waals surface area contributed by atoms with Gasteiger partial charge < -0.3 is 4.90 Å². The van der Waals surface area contributed by atoms with Gasteiger partial charge in [-0.3, -0.25) is 0 Å². The van der Waals surface area contributed by atoms with Crippen molar-refractivity contribution in [1.29, 1.82) is 5.26 Å². The van der Waals surface area contributed by atoms with Crippen LogP contribution in [0.3, 0.4) is 0 Å². The minimum atomic E-state index is 0.699. The molecule has 0 bridgehead atoms. The molecule has 1 aromatic rings. The molecule has 1 aromatic carbocycles. The zero-order valence-corrected chi connectivity index (χ0v) is 12.8. The fourth-order valence-electron chi connectivity index (χ4n) is 1.86. The SMILES string of the molecule is CCCCN(CCCC)c1ccc(C#N)c(Br)c1. The fourth-order valence-corrected chi connectivity index (χ4v) is 2.31. The van der Waals surface area contributed by atoms with Gasteiger partial charge in [0.05, 0.1) is 5.56 Å². The van der Waals surface area contributed by atoms with Crippen LogP contribution in [-0.2, 0) is 0 Å². The highest BCUT2D eigenvalue weighted by molar-refractivity contribution is 9.10. The molecule has 0 amide bonds. The molecular weight excluding hydrogens is 288 g/mol. The van der Waals surface area contributed by atoms with E-state index in [-0.39, 0.29) is 0 Å². The molecule has 2 nitrogen and oxygen atoms in total. The molecule has 3 heteroatoms. The molecule has 0 aliphatic rings. The second kappa shape index (κ2) is 8.16. The molecule has 0 aromatic heterocycles. The van der Waals surface area contributed by atoms with Crippen molar-refractivity contribution in [2.45, 2.75) is 39.5 Å². The Balaban J connectivity index is 2.83. The van der Waals surface area contributed by atoms with Crippen LogP contribution in [0.2, 0.25) is 0 Å². The average Bonchev–Trinajstić information content (AvgIpc) is 2.39.